The van der Waals surface area contributed by atoms with Crippen LogP contribution in [0.1, 0.15) is 25.5 Å². The first-order chi connectivity index (χ1) is 8.58. The Bertz CT molecular complexity index is 393. The van der Waals surface area contributed by atoms with Crippen LogP contribution < -0.4 is 10.1 Å². The second kappa shape index (κ2) is 7.01. The van der Waals surface area contributed by atoms with E-state index in [0.29, 0.717) is 6.54 Å². The van der Waals surface area contributed by atoms with Crippen LogP contribution in [0.3, 0.4) is 0 Å². The normalized spacial score (nSPS) is 12.0. The molecule has 100 valence electrons. The minimum Gasteiger partial charge on any atom is -0.497 e. The van der Waals surface area contributed by atoms with E-state index < -0.39 is 0 Å². The van der Waals surface area contributed by atoms with Gasteiger partial charge in [-0.05, 0) is 31.5 Å². The summed E-state index contributed by atoms with van der Waals surface area (Å²) in [4.78, 5) is 13.4. The topological polar surface area (TPSA) is 41.6 Å². The second-order valence-corrected chi connectivity index (χ2v) is 4.29. The van der Waals surface area contributed by atoms with E-state index in [2.05, 4.69) is 5.32 Å². The first-order valence-electron chi connectivity index (χ1n) is 6.19. The molecule has 0 unspecified atom stereocenters. The number of nitrogens with one attached hydrogen (secondary N) is 1. The highest BCUT2D eigenvalue weighted by Crippen LogP contribution is 2.18. The van der Waals surface area contributed by atoms with Crippen molar-refractivity contribution in [3.63, 3.8) is 0 Å². The number of nitrogens with zero attached hydrogens (tertiary/aromatic N) is 1. The summed E-state index contributed by atoms with van der Waals surface area (Å²) in [6.07, 6.45) is 0. The van der Waals surface area contributed by atoms with Crippen molar-refractivity contribution >= 4 is 5.91 Å². The van der Waals surface area contributed by atoms with E-state index in [9.17, 15) is 4.79 Å². The van der Waals surface area contributed by atoms with Gasteiger partial charge in [0.05, 0.1) is 13.7 Å². The lowest BCUT2D eigenvalue weighted by molar-refractivity contribution is -0.128. The number of carbonyl (C=O) groups is 1. The van der Waals surface area contributed by atoms with Crippen molar-refractivity contribution in [1.29, 1.82) is 0 Å². The largest absolute Gasteiger partial charge is 0.497 e. The predicted octanol–water partition coefficient (Wildman–Crippen LogP) is 1.82. The highest BCUT2D eigenvalue weighted by atomic mass is 16.5. The van der Waals surface area contributed by atoms with E-state index in [-0.39, 0.29) is 11.9 Å². The summed E-state index contributed by atoms with van der Waals surface area (Å²) in [5.41, 5.74) is 1.11. The van der Waals surface area contributed by atoms with Crippen molar-refractivity contribution in [2.45, 2.75) is 19.9 Å². The van der Waals surface area contributed by atoms with Gasteiger partial charge in [-0.3, -0.25) is 4.79 Å². The number of benzene rings is 1. The molecule has 1 rings (SSSR count). The average Bonchev–Trinajstić information content (AvgIpc) is 2.43. The number of likely N-dealkylation sites (N-methyl/N-ethyl adjacent to an activating group) is 1. The number of hydrogen-bond acceptors (Lipinski definition) is 3. The zero-order chi connectivity index (χ0) is 13.5. The van der Waals surface area contributed by atoms with Gasteiger partial charge in [0.1, 0.15) is 5.75 Å². The lowest BCUT2D eigenvalue weighted by atomic mass is 10.1. The van der Waals surface area contributed by atoms with Crippen molar-refractivity contribution in [1.82, 2.24) is 10.2 Å². The number of ether oxygens (including phenoxy) is 1. The van der Waals surface area contributed by atoms with Crippen molar-refractivity contribution in [3.8, 4) is 5.75 Å². The van der Waals surface area contributed by atoms with E-state index in [1.165, 1.54) is 0 Å². The van der Waals surface area contributed by atoms with Crippen LogP contribution in [0.15, 0.2) is 24.3 Å². The van der Waals surface area contributed by atoms with Crippen LogP contribution in [0.5, 0.6) is 5.75 Å². The molecule has 18 heavy (non-hydrogen) atoms. The van der Waals surface area contributed by atoms with Gasteiger partial charge in [0.15, 0.2) is 0 Å². The Kier molecular flexibility index (Phi) is 5.65. The summed E-state index contributed by atoms with van der Waals surface area (Å²) in [7, 11) is 3.46. The Morgan fingerprint density at radius 2 is 2.22 bits per heavy atom. The van der Waals surface area contributed by atoms with Gasteiger partial charge < -0.3 is 15.0 Å². The fraction of sp³-hybridized carbons (Fsp3) is 0.500. The average molecular weight is 250 g/mol. The van der Waals surface area contributed by atoms with Gasteiger partial charge in [-0.1, -0.05) is 12.1 Å². The number of methoxy groups -OCH3 is 1. The Hall–Kier alpha value is -1.55. The molecule has 4 heteroatoms. The van der Waals surface area contributed by atoms with Crippen molar-refractivity contribution in [2.24, 2.45) is 0 Å². The van der Waals surface area contributed by atoms with Gasteiger partial charge >= 0.3 is 0 Å². The van der Waals surface area contributed by atoms with Crippen molar-refractivity contribution < 1.29 is 9.53 Å². The number of amides is 1. The second-order valence-electron chi connectivity index (χ2n) is 4.29. The molecule has 1 aromatic rings. The van der Waals surface area contributed by atoms with E-state index >= 15 is 0 Å². The third-order valence-electron chi connectivity index (χ3n) is 3.05. The highest BCUT2D eigenvalue weighted by Gasteiger charge is 2.10. The summed E-state index contributed by atoms with van der Waals surface area (Å²) in [5, 5.41) is 3.22. The van der Waals surface area contributed by atoms with Crippen LogP contribution in [0.2, 0.25) is 0 Å². The SMILES string of the molecule is CCN(C)C(=O)CN[C@@H](C)c1cccc(OC)c1. The predicted molar refractivity (Wildman–Crippen MR) is 72.7 cm³/mol. The Labute approximate surface area is 109 Å². The van der Waals surface area contributed by atoms with Crippen LogP contribution in [-0.2, 0) is 4.79 Å². The zero-order valence-corrected chi connectivity index (χ0v) is 11.6. The Balaban J connectivity index is 2.54. The third-order valence-corrected chi connectivity index (χ3v) is 3.05. The molecule has 0 radical (unpaired) electrons. The standard InChI is InChI=1S/C14H22N2O2/c1-5-16(3)14(17)10-15-11(2)12-7-6-8-13(9-12)18-4/h6-9,11,15H,5,10H2,1-4H3/t11-/m0/s1. The van der Waals surface area contributed by atoms with E-state index in [1.807, 2.05) is 38.1 Å². The summed E-state index contributed by atoms with van der Waals surface area (Å²) >= 11 is 0. The molecular formula is C14H22N2O2. The van der Waals surface area contributed by atoms with E-state index in [1.54, 1.807) is 19.1 Å². The quantitative estimate of drug-likeness (QED) is 0.837. The Morgan fingerprint density at radius 1 is 1.50 bits per heavy atom. The lowest BCUT2D eigenvalue weighted by Gasteiger charge is -2.18. The fourth-order valence-corrected chi connectivity index (χ4v) is 1.58. The summed E-state index contributed by atoms with van der Waals surface area (Å²) < 4.78 is 5.18. The van der Waals surface area contributed by atoms with Crippen LogP contribution in [0.4, 0.5) is 0 Å². The molecule has 4 nitrogen and oxygen atoms in total. The van der Waals surface area contributed by atoms with Gasteiger partial charge in [-0.25, -0.2) is 0 Å². The molecule has 0 aliphatic heterocycles. The van der Waals surface area contributed by atoms with Gasteiger partial charge in [-0.15, -0.1) is 0 Å². The maximum absolute atomic E-state index is 11.7. The molecular weight excluding hydrogens is 228 g/mol. The minimum absolute atomic E-state index is 0.104. The third kappa shape index (κ3) is 4.04. The van der Waals surface area contributed by atoms with Gasteiger partial charge in [0.25, 0.3) is 0 Å². The first kappa shape index (κ1) is 14.5. The van der Waals surface area contributed by atoms with Crippen LogP contribution in [-0.4, -0.2) is 38.1 Å². The lowest BCUT2D eigenvalue weighted by Crippen LogP contribution is -2.36. The molecule has 0 aliphatic carbocycles. The summed E-state index contributed by atoms with van der Waals surface area (Å²) in [6, 6.07) is 7.98. The first-order valence-corrected chi connectivity index (χ1v) is 6.19. The molecule has 0 aliphatic rings. The zero-order valence-electron chi connectivity index (χ0n) is 11.6. The van der Waals surface area contributed by atoms with E-state index in [4.69, 9.17) is 4.74 Å². The molecule has 1 atom stereocenters. The van der Waals surface area contributed by atoms with Crippen LogP contribution in [0, 0.1) is 0 Å². The van der Waals surface area contributed by atoms with Gasteiger partial charge in [0.2, 0.25) is 5.91 Å². The van der Waals surface area contributed by atoms with E-state index in [0.717, 1.165) is 17.9 Å². The Morgan fingerprint density at radius 3 is 2.83 bits per heavy atom. The molecule has 1 aromatic carbocycles. The minimum atomic E-state index is 0.104. The fourth-order valence-electron chi connectivity index (χ4n) is 1.58. The maximum Gasteiger partial charge on any atom is 0.236 e. The van der Waals surface area contributed by atoms with Crippen LogP contribution in [0.25, 0.3) is 0 Å². The molecule has 0 saturated heterocycles. The molecule has 0 aromatic heterocycles. The number of hydrogen-bond donors (Lipinski definition) is 1. The van der Waals surface area contributed by atoms with Crippen molar-refractivity contribution in [2.75, 3.05) is 27.2 Å². The molecule has 0 fully saturated rings. The number of rotatable bonds is 6. The van der Waals surface area contributed by atoms with Crippen LogP contribution >= 0.6 is 0 Å². The summed E-state index contributed by atoms with van der Waals surface area (Å²) in [5.74, 6) is 0.936. The monoisotopic (exact) mass is 250 g/mol. The highest BCUT2D eigenvalue weighted by molar-refractivity contribution is 5.77. The summed E-state index contributed by atoms with van der Waals surface area (Å²) in [6.45, 7) is 5.08. The van der Waals surface area contributed by atoms with Gasteiger partial charge in [-0.2, -0.15) is 0 Å². The van der Waals surface area contributed by atoms with Crippen molar-refractivity contribution in [3.05, 3.63) is 29.8 Å². The maximum atomic E-state index is 11.7. The van der Waals surface area contributed by atoms with Gasteiger partial charge in [0, 0.05) is 19.6 Å². The molecule has 0 heterocycles. The smallest absolute Gasteiger partial charge is 0.236 e. The number of carbonyl (C=O) groups excluding carboxylic acids is 1. The molecule has 1 N–H and O–H groups in total. The molecule has 0 bridgehead atoms. The molecule has 0 spiro atoms. The molecule has 0 saturated carbocycles. The molecule has 1 amide bonds.